The zero-order valence-corrected chi connectivity index (χ0v) is 15.4. The van der Waals surface area contributed by atoms with Crippen molar-refractivity contribution < 1.29 is 18.3 Å². The van der Waals surface area contributed by atoms with Crippen molar-refractivity contribution in [3.63, 3.8) is 0 Å². The Balaban J connectivity index is 1.57. The number of hydrogen-bond acceptors (Lipinski definition) is 5. The van der Waals surface area contributed by atoms with Gasteiger partial charge < -0.3 is 10.1 Å². The summed E-state index contributed by atoms with van der Waals surface area (Å²) in [5.41, 5.74) is 2.45. The fraction of sp³-hybridized carbons (Fsp3) is 0.300. The second-order valence-corrected chi connectivity index (χ2v) is 6.62. The van der Waals surface area contributed by atoms with Crippen molar-refractivity contribution in [1.82, 2.24) is 15.3 Å². The van der Waals surface area contributed by atoms with Crippen LogP contribution in [0.1, 0.15) is 37.6 Å². The summed E-state index contributed by atoms with van der Waals surface area (Å²) in [6, 6.07) is 6.03. The molecule has 8 heteroatoms. The quantitative estimate of drug-likeness (QED) is 0.773. The molecule has 0 spiro atoms. The molecule has 1 unspecified atom stereocenters. The number of nitrogens with zero attached hydrogens (tertiary/aromatic N) is 3. The maximum absolute atomic E-state index is 13.3. The number of halogens is 2. The van der Waals surface area contributed by atoms with Gasteiger partial charge in [0, 0.05) is 12.1 Å². The number of aromatic nitrogens is 2. The number of nitrogens with one attached hydrogen (secondary N) is 1. The average Bonchev–Trinajstić information content (AvgIpc) is 2.66. The highest BCUT2D eigenvalue weighted by molar-refractivity contribution is 5.84. The molecular weight excluding hydrogens is 366 g/mol. The number of carbonyl (C=O) groups excluding carboxylic acids is 1. The molecule has 1 N–H and O–H groups in total. The van der Waals surface area contributed by atoms with E-state index in [1.165, 1.54) is 24.5 Å². The molecule has 0 saturated heterocycles. The van der Waals surface area contributed by atoms with Gasteiger partial charge in [-0.25, -0.2) is 18.7 Å². The van der Waals surface area contributed by atoms with Crippen LogP contribution in [0.3, 0.4) is 0 Å². The van der Waals surface area contributed by atoms with E-state index >= 15 is 0 Å². The minimum absolute atomic E-state index is 0.202. The molecule has 0 fully saturated rings. The second-order valence-electron chi connectivity index (χ2n) is 6.62. The normalized spacial score (nSPS) is 16.8. The summed E-state index contributed by atoms with van der Waals surface area (Å²) in [7, 11) is 0. The molecule has 1 heterocycles. The minimum atomic E-state index is -0.681. The Labute approximate surface area is 160 Å². The maximum atomic E-state index is 13.3. The van der Waals surface area contributed by atoms with Gasteiger partial charge in [0.1, 0.15) is 36.3 Å². The van der Waals surface area contributed by atoms with Crippen LogP contribution in [0.4, 0.5) is 8.78 Å². The van der Waals surface area contributed by atoms with E-state index in [0.29, 0.717) is 17.9 Å². The Kier molecular flexibility index (Phi) is 5.64. The van der Waals surface area contributed by atoms with E-state index in [0.717, 1.165) is 17.2 Å². The zero-order valence-electron chi connectivity index (χ0n) is 15.4. The predicted molar refractivity (Wildman–Crippen MR) is 96.0 cm³/mol. The van der Waals surface area contributed by atoms with Gasteiger partial charge in [-0.3, -0.25) is 4.79 Å². The first kappa shape index (κ1) is 19.4. The van der Waals surface area contributed by atoms with Crippen LogP contribution >= 0.6 is 0 Å². The Bertz CT molecular complexity index is 964. The third-order valence-corrected chi connectivity index (χ3v) is 4.74. The SMILES string of the molecule is CC1=C(COc2cc(C#N)ncn2)CC1C(=O)N[C@@H](C)c1cc(F)cc(F)c1. The number of amides is 1. The number of benzene rings is 1. The van der Waals surface area contributed by atoms with Crippen LogP contribution in [0.15, 0.2) is 41.7 Å². The van der Waals surface area contributed by atoms with E-state index in [2.05, 4.69) is 15.3 Å². The Morgan fingerprint density at radius 3 is 2.68 bits per heavy atom. The lowest BCUT2D eigenvalue weighted by molar-refractivity contribution is -0.125. The first-order valence-corrected chi connectivity index (χ1v) is 8.67. The molecule has 1 amide bonds. The number of rotatable bonds is 6. The van der Waals surface area contributed by atoms with Crippen LogP contribution < -0.4 is 10.1 Å². The van der Waals surface area contributed by atoms with E-state index in [4.69, 9.17) is 10.00 Å². The summed E-state index contributed by atoms with van der Waals surface area (Å²) in [5, 5.41) is 11.6. The number of nitriles is 1. The van der Waals surface area contributed by atoms with Crippen LogP contribution in [0.25, 0.3) is 0 Å². The summed E-state index contributed by atoms with van der Waals surface area (Å²) >= 11 is 0. The first-order valence-electron chi connectivity index (χ1n) is 8.67. The minimum Gasteiger partial charge on any atom is -0.473 e. The van der Waals surface area contributed by atoms with Gasteiger partial charge in [-0.2, -0.15) is 5.26 Å². The second kappa shape index (κ2) is 8.13. The molecule has 2 atom stereocenters. The Hall–Kier alpha value is -3.34. The van der Waals surface area contributed by atoms with Gasteiger partial charge in [0.25, 0.3) is 0 Å². The maximum Gasteiger partial charge on any atom is 0.228 e. The molecule has 0 bridgehead atoms. The topological polar surface area (TPSA) is 87.9 Å². The summed E-state index contributed by atoms with van der Waals surface area (Å²) in [4.78, 5) is 20.2. The highest BCUT2D eigenvalue weighted by atomic mass is 19.1. The molecule has 0 saturated carbocycles. The van der Waals surface area contributed by atoms with Gasteiger partial charge in [0.05, 0.1) is 12.0 Å². The molecule has 1 aliphatic rings. The third-order valence-electron chi connectivity index (χ3n) is 4.74. The molecule has 3 rings (SSSR count). The van der Waals surface area contributed by atoms with Crippen LogP contribution in [0.5, 0.6) is 5.88 Å². The fourth-order valence-electron chi connectivity index (χ4n) is 3.00. The first-order chi connectivity index (χ1) is 13.4. The predicted octanol–water partition coefficient (Wildman–Crippen LogP) is 3.22. The van der Waals surface area contributed by atoms with Crippen molar-refractivity contribution in [3.05, 3.63) is 64.6 Å². The van der Waals surface area contributed by atoms with Crippen molar-refractivity contribution in [2.45, 2.75) is 26.3 Å². The third kappa shape index (κ3) is 4.31. The molecule has 28 heavy (non-hydrogen) atoms. The standard InChI is InChI=1S/C20H18F2N4O2/c1-11-14(9-28-19-7-17(8-23)24-10-25-19)5-18(11)20(27)26-12(2)13-3-15(21)6-16(22)4-13/h3-4,6-7,10,12,18H,5,9H2,1-2H3,(H,26,27)/t12-,18?/m0/s1. The fourth-order valence-corrected chi connectivity index (χ4v) is 3.00. The lowest BCUT2D eigenvalue weighted by Gasteiger charge is -2.31. The Morgan fingerprint density at radius 1 is 1.32 bits per heavy atom. The van der Waals surface area contributed by atoms with Gasteiger partial charge >= 0.3 is 0 Å². The van der Waals surface area contributed by atoms with Crippen molar-refractivity contribution in [2.75, 3.05) is 6.61 Å². The van der Waals surface area contributed by atoms with Crippen molar-refractivity contribution in [1.29, 1.82) is 5.26 Å². The molecular formula is C20H18F2N4O2. The van der Waals surface area contributed by atoms with Crippen LogP contribution in [0, 0.1) is 28.9 Å². The van der Waals surface area contributed by atoms with E-state index in [1.54, 1.807) is 6.92 Å². The highest BCUT2D eigenvalue weighted by Gasteiger charge is 2.33. The van der Waals surface area contributed by atoms with Crippen molar-refractivity contribution in [3.8, 4) is 11.9 Å². The molecule has 0 aliphatic heterocycles. The van der Waals surface area contributed by atoms with Crippen LogP contribution in [-0.4, -0.2) is 22.5 Å². The van der Waals surface area contributed by atoms with Crippen molar-refractivity contribution in [2.24, 2.45) is 5.92 Å². The Morgan fingerprint density at radius 2 is 2.04 bits per heavy atom. The molecule has 1 aromatic heterocycles. The highest BCUT2D eigenvalue weighted by Crippen LogP contribution is 2.35. The summed E-state index contributed by atoms with van der Waals surface area (Å²) < 4.78 is 32.2. The smallest absolute Gasteiger partial charge is 0.228 e. The van der Waals surface area contributed by atoms with Gasteiger partial charge in [0.15, 0.2) is 0 Å². The zero-order chi connectivity index (χ0) is 20.3. The lowest BCUT2D eigenvalue weighted by Crippen LogP contribution is -2.38. The summed E-state index contributed by atoms with van der Waals surface area (Å²) in [6.07, 6.45) is 1.78. The van der Waals surface area contributed by atoms with Crippen molar-refractivity contribution >= 4 is 5.91 Å². The number of ether oxygens (including phenoxy) is 1. The van der Waals surface area contributed by atoms with E-state index in [-0.39, 0.29) is 24.1 Å². The van der Waals surface area contributed by atoms with Crippen LogP contribution in [-0.2, 0) is 4.79 Å². The van der Waals surface area contributed by atoms with Crippen LogP contribution in [0.2, 0.25) is 0 Å². The average molecular weight is 384 g/mol. The van der Waals surface area contributed by atoms with Gasteiger partial charge in [-0.15, -0.1) is 0 Å². The molecule has 2 aromatic rings. The van der Waals surface area contributed by atoms with E-state index in [9.17, 15) is 13.6 Å². The van der Waals surface area contributed by atoms with Gasteiger partial charge in [0.2, 0.25) is 11.8 Å². The number of carbonyl (C=O) groups is 1. The van der Waals surface area contributed by atoms with Gasteiger partial charge in [-0.1, -0.05) is 5.57 Å². The summed E-state index contributed by atoms with van der Waals surface area (Å²) in [5.74, 6) is -1.58. The molecule has 1 aromatic carbocycles. The lowest BCUT2D eigenvalue weighted by atomic mass is 9.78. The molecule has 1 aliphatic carbocycles. The van der Waals surface area contributed by atoms with E-state index in [1.807, 2.05) is 13.0 Å². The molecule has 0 radical (unpaired) electrons. The molecule has 144 valence electrons. The number of hydrogen-bond donors (Lipinski definition) is 1. The monoisotopic (exact) mass is 384 g/mol. The van der Waals surface area contributed by atoms with E-state index < -0.39 is 17.7 Å². The largest absolute Gasteiger partial charge is 0.473 e. The molecule has 6 nitrogen and oxygen atoms in total. The van der Waals surface area contributed by atoms with Gasteiger partial charge in [-0.05, 0) is 43.5 Å². The summed E-state index contributed by atoms with van der Waals surface area (Å²) in [6.45, 7) is 3.79.